The van der Waals surface area contributed by atoms with Gasteiger partial charge in [0.25, 0.3) is 5.91 Å². The van der Waals surface area contributed by atoms with Gasteiger partial charge in [-0.15, -0.1) is 0 Å². The second-order valence-corrected chi connectivity index (χ2v) is 16.8. The average molecular weight is 734 g/mol. The molecule has 2 aliphatic carbocycles. The van der Waals surface area contributed by atoms with Crippen molar-refractivity contribution < 1.29 is 23.9 Å². The summed E-state index contributed by atoms with van der Waals surface area (Å²) in [6.45, 7) is 6.94. The number of anilines is 2. The smallest absolute Gasteiger partial charge is 0.255 e. The Hall–Kier alpha value is -4.44. The Morgan fingerprint density at radius 2 is 1.56 bits per heavy atom. The molecule has 3 aromatic rings. The zero-order valence-corrected chi connectivity index (χ0v) is 31.1. The number of rotatable bonds is 7. The number of carbonyl (C=O) groups is 3. The number of amides is 3. The van der Waals surface area contributed by atoms with Crippen molar-refractivity contribution in [3.05, 3.63) is 88.2 Å². The van der Waals surface area contributed by atoms with Gasteiger partial charge in [0, 0.05) is 75.9 Å². The topological polar surface area (TPSA) is 96.4 Å². The van der Waals surface area contributed by atoms with E-state index in [1.54, 1.807) is 11.0 Å². The standard InChI is InChI=1S/C44H52FN5O4/c45-38-25-31(42-35(29-3-1-2-4-29)9-5-30-24-34(51)8-11-36(30)42)6-12-39(38)49-17-15-28(16-18-49)26-47-19-21-48(22-20-47)33-7-10-37-32(23-33)27-50(44(37)54)40-13-14-41(52)46-43(40)53/h6-8,10-12,23-25,28-29,35,40,42,51H,1-5,9,13-22,26-27H2,(H,46,52,53)/t35-,40?,42+/m0/s1. The van der Waals surface area contributed by atoms with Crippen LogP contribution >= 0.6 is 0 Å². The molecule has 10 heteroatoms. The minimum atomic E-state index is -0.599. The maximum absolute atomic E-state index is 16.1. The Morgan fingerprint density at radius 3 is 2.31 bits per heavy atom. The molecule has 0 aromatic heterocycles. The lowest BCUT2D eigenvalue weighted by Crippen LogP contribution is -2.52. The Balaban J connectivity index is 0.785. The molecular weight excluding hydrogens is 682 g/mol. The summed E-state index contributed by atoms with van der Waals surface area (Å²) in [6.07, 6.45) is 9.94. The van der Waals surface area contributed by atoms with Crippen molar-refractivity contribution in [1.82, 2.24) is 15.1 Å². The van der Waals surface area contributed by atoms with Crippen LogP contribution in [0.15, 0.2) is 54.6 Å². The number of imide groups is 1. The Morgan fingerprint density at radius 1 is 0.759 bits per heavy atom. The first kappa shape index (κ1) is 35.3. The molecule has 54 heavy (non-hydrogen) atoms. The highest BCUT2D eigenvalue weighted by molar-refractivity contribution is 6.05. The second-order valence-electron chi connectivity index (χ2n) is 16.8. The molecule has 0 bridgehead atoms. The zero-order valence-electron chi connectivity index (χ0n) is 31.1. The van der Waals surface area contributed by atoms with Gasteiger partial charge in [-0.25, -0.2) is 4.39 Å². The van der Waals surface area contributed by atoms with Crippen LogP contribution in [-0.4, -0.2) is 84.5 Å². The van der Waals surface area contributed by atoms with Crippen LogP contribution in [0.1, 0.15) is 96.3 Å². The van der Waals surface area contributed by atoms with Gasteiger partial charge < -0.3 is 19.8 Å². The number of phenols is 1. The monoisotopic (exact) mass is 733 g/mol. The molecule has 3 aromatic carbocycles. The fourth-order valence-corrected chi connectivity index (χ4v) is 10.8. The maximum atomic E-state index is 16.1. The number of benzene rings is 3. The normalized spacial score (nSPS) is 25.6. The number of aromatic hydroxyl groups is 1. The summed E-state index contributed by atoms with van der Waals surface area (Å²) in [5, 5.41) is 12.6. The van der Waals surface area contributed by atoms with Gasteiger partial charge in [0.05, 0.1) is 5.69 Å². The van der Waals surface area contributed by atoms with Crippen LogP contribution in [0.25, 0.3) is 0 Å². The Bertz CT molecular complexity index is 1930. The number of fused-ring (bicyclic) bond motifs is 2. The van der Waals surface area contributed by atoms with Gasteiger partial charge in [0.1, 0.15) is 17.6 Å². The molecule has 3 atom stereocenters. The molecule has 3 amide bonds. The highest BCUT2D eigenvalue weighted by atomic mass is 19.1. The molecular formula is C44H52FN5O4. The minimum absolute atomic E-state index is 0.113. The molecule has 2 N–H and O–H groups in total. The van der Waals surface area contributed by atoms with E-state index in [1.165, 1.54) is 36.8 Å². The number of phenolic OH excluding ortho intramolecular Hbond substituents is 1. The molecule has 1 unspecified atom stereocenters. The van der Waals surface area contributed by atoms with Crippen LogP contribution in [-0.2, 0) is 22.6 Å². The summed E-state index contributed by atoms with van der Waals surface area (Å²) in [5.74, 6) is 1.37. The number of nitrogens with zero attached hydrogens (tertiary/aromatic N) is 4. The van der Waals surface area contributed by atoms with E-state index < -0.39 is 6.04 Å². The van der Waals surface area contributed by atoms with Crippen molar-refractivity contribution in [1.29, 1.82) is 0 Å². The molecule has 4 heterocycles. The third-order valence-corrected chi connectivity index (χ3v) is 13.7. The van der Waals surface area contributed by atoms with Gasteiger partial charge in [0.15, 0.2) is 0 Å². The van der Waals surface area contributed by atoms with E-state index in [-0.39, 0.29) is 35.9 Å². The van der Waals surface area contributed by atoms with E-state index in [4.69, 9.17) is 0 Å². The fourth-order valence-electron chi connectivity index (χ4n) is 10.8. The van der Waals surface area contributed by atoms with Crippen LogP contribution < -0.4 is 15.1 Å². The summed E-state index contributed by atoms with van der Waals surface area (Å²) in [7, 11) is 0. The predicted molar refractivity (Wildman–Crippen MR) is 206 cm³/mol. The Kier molecular flexibility index (Phi) is 9.58. The number of piperazine rings is 1. The summed E-state index contributed by atoms with van der Waals surface area (Å²) in [5.41, 5.74) is 6.98. The maximum Gasteiger partial charge on any atom is 0.255 e. The highest BCUT2D eigenvalue weighted by Crippen LogP contribution is 2.49. The van der Waals surface area contributed by atoms with E-state index >= 15 is 4.39 Å². The molecule has 4 aliphatic heterocycles. The second kappa shape index (κ2) is 14.7. The molecule has 9 rings (SSSR count). The Labute approximate surface area is 317 Å². The van der Waals surface area contributed by atoms with Gasteiger partial charge >= 0.3 is 0 Å². The third kappa shape index (κ3) is 6.75. The van der Waals surface area contributed by atoms with Crippen molar-refractivity contribution in [2.24, 2.45) is 17.8 Å². The fraction of sp³-hybridized carbons (Fsp3) is 0.523. The quantitative estimate of drug-likeness (QED) is 0.279. The summed E-state index contributed by atoms with van der Waals surface area (Å²) >= 11 is 0. The van der Waals surface area contributed by atoms with E-state index in [0.29, 0.717) is 42.0 Å². The van der Waals surface area contributed by atoms with E-state index in [1.807, 2.05) is 30.3 Å². The van der Waals surface area contributed by atoms with Crippen molar-refractivity contribution in [3.63, 3.8) is 0 Å². The van der Waals surface area contributed by atoms with Crippen LogP contribution in [0, 0.1) is 23.6 Å². The van der Waals surface area contributed by atoms with Crippen molar-refractivity contribution >= 4 is 29.1 Å². The van der Waals surface area contributed by atoms with E-state index in [9.17, 15) is 19.5 Å². The summed E-state index contributed by atoms with van der Waals surface area (Å²) < 4.78 is 16.1. The summed E-state index contributed by atoms with van der Waals surface area (Å²) in [6, 6.07) is 17.3. The van der Waals surface area contributed by atoms with Gasteiger partial charge in [-0.05, 0) is 115 Å². The molecule has 4 fully saturated rings. The number of nitrogens with one attached hydrogen (secondary N) is 1. The third-order valence-electron chi connectivity index (χ3n) is 13.7. The van der Waals surface area contributed by atoms with E-state index in [0.717, 1.165) is 94.0 Å². The van der Waals surface area contributed by atoms with Gasteiger partial charge in [-0.1, -0.05) is 37.8 Å². The van der Waals surface area contributed by atoms with Crippen LogP contribution in [0.5, 0.6) is 5.75 Å². The van der Waals surface area contributed by atoms with Gasteiger partial charge in [-0.2, -0.15) is 0 Å². The average Bonchev–Trinajstić information content (AvgIpc) is 3.83. The summed E-state index contributed by atoms with van der Waals surface area (Å²) in [4.78, 5) is 46.0. The zero-order chi connectivity index (χ0) is 36.9. The molecule has 284 valence electrons. The van der Waals surface area contributed by atoms with Crippen LogP contribution in [0.2, 0.25) is 0 Å². The van der Waals surface area contributed by atoms with Crippen LogP contribution in [0.3, 0.4) is 0 Å². The van der Waals surface area contributed by atoms with E-state index in [2.05, 4.69) is 38.2 Å². The lowest BCUT2D eigenvalue weighted by molar-refractivity contribution is -0.136. The number of aryl methyl sites for hydroxylation is 1. The number of hydrogen-bond acceptors (Lipinski definition) is 7. The first-order valence-electron chi connectivity index (χ1n) is 20.4. The first-order chi connectivity index (χ1) is 26.3. The molecule has 1 saturated carbocycles. The lowest BCUT2D eigenvalue weighted by Gasteiger charge is -2.40. The van der Waals surface area contributed by atoms with Crippen molar-refractivity contribution in [2.45, 2.75) is 82.7 Å². The molecule has 6 aliphatic rings. The predicted octanol–water partition coefficient (Wildman–Crippen LogP) is 6.22. The number of piperidine rings is 2. The molecule has 9 nitrogen and oxygen atoms in total. The molecule has 3 saturated heterocycles. The van der Waals surface area contributed by atoms with Crippen molar-refractivity contribution in [3.8, 4) is 5.75 Å². The lowest BCUT2D eigenvalue weighted by atomic mass is 9.66. The number of hydrogen-bond donors (Lipinski definition) is 2. The van der Waals surface area contributed by atoms with Crippen LogP contribution in [0.4, 0.5) is 15.8 Å². The van der Waals surface area contributed by atoms with Gasteiger partial charge in [-0.3, -0.25) is 24.6 Å². The largest absolute Gasteiger partial charge is 0.508 e. The molecule has 0 spiro atoms. The van der Waals surface area contributed by atoms with Gasteiger partial charge in [0.2, 0.25) is 11.8 Å². The number of carbonyl (C=O) groups excluding carboxylic acids is 3. The SMILES string of the molecule is O=C1CCC(N2Cc3cc(N4CCN(CC5CCN(c6ccc([C@H]7c8ccc(O)cc8CC[C@H]7C7CCCC7)cc6F)CC5)CC4)ccc3C2=O)C(=O)N1. The van der Waals surface area contributed by atoms with Crippen molar-refractivity contribution in [2.75, 3.05) is 55.6 Å². The first-order valence-corrected chi connectivity index (χ1v) is 20.4. The highest BCUT2D eigenvalue weighted by Gasteiger charge is 2.40. The number of halogens is 1. The minimum Gasteiger partial charge on any atom is -0.508 e. The molecule has 0 radical (unpaired) electrons.